The van der Waals surface area contributed by atoms with Gasteiger partial charge in [-0.25, -0.2) is 14.1 Å². The zero-order valence-corrected chi connectivity index (χ0v) is 19.8. The topological polar surface area (TPSA) is 85.6 Å². The number of aliphatic imine (C=N–C) groups is 1. The first kappa shape index (κ1) is 26.0. The molecule has 0 spiro atoms. The summed E-state index contributed by atoms with van der Waals surface area (Å²) in [5.74, 6) is -1.85. The highest BCUT2D eigenvalue weighted by molar-refractivity contribution is 6.17. The van der Waals surface area contributed by atoms with Gasteiger partial charge in [0, 0.05) is 24.7 Å². The third-order valence-corrected chi connectivity index (χ3v) is 5.50. The Balaban J connectivity index is 1.52. The van der Waals surface area contributed by atoms with Gasteiger partial charge in [0.05, 0.1) is 23.4 Å². The Bertz CT molecular complexity index is 1410. The Morgan fingerprint density at radius 2 is 1.95 bits per heavy atom. The Morgan fingerprint density at radius 3 is 2.59 bits per heavy atom. The molecule has 192 valence electrons. The van der Waals surface area contributed by atoms with E-state index in [0.29, 0.717) is 23.4 Å². The predicted octanol–water partition coefficient (Wildman–Crippen LogP) is 4.92. The molecule has 11 heteroatoms. The summed E-state index contributed by atoms with van der Waals surface area (Å²) in [6, 6.07) is 8.87. The molecule has 3 aromatic rings. The minimum atomic E-state index is -4.65. The number of nitrogens with zero attached hydrogens (tertiary/aromatic N) is 3. The normalized spacial score (nSPS) is 15.6. The summed E-state index contributed by atoms with van der Waals surface area (Å²) in [7, 11) is 0. The van der Waals surface area contributed by atoms with Crippen LogP contribution in [0.25, 0.3) is 11.3 Å². The Kier molecular flexibility index (Phi) is 7.35. The number of dihydropyridines is 1. The summed E-state index contributed by atoms with van der Waals surface area (Å²) in [5, 5.41) is 6.53. The van der Waals surface area contributed by atoms with Crippen molar-refractivity contribution in [2.24, 2.45) is 4.99 Å². The number of hydrogen-bond donors (Lipinski definition) is 1. The third kappa shape index (κ3) is 6.18. The highest BCUT2D eigenvalue weighted by Gasteiger charge is 2.31. The molecule has 1 atom stereocenters. The number of ether oxygens (including phenoxy) is 1. The predicted molar refractivity (Wildman–Crippen MR) is 129 cm³/mol. The quantitative estimate of drug-likeness (QED) is 0.454. The largest absolute Gasteiger partial charge is 0.416 e. The summed E-state index contributed by atoms with van der Waals surface area (Å²) in [4.78, 5) is 28.2. The lowest BCUT2D eigenvalue weighted by Gasteiger charge is -2.15. The second kappa shape index (κ2) is 10.5. The van der Waals surface area contributed by atoms with Gasteiger partial charge >= 0.3 is 6.18 Å². The fourth-order valence-electron chi connectivity index (χ4n) is 3.74. The fourth-order valence-corrected chi connectivity index (χ4v) is 3.74. The first-order valence-corrected chi connectivity index (χ1v) is 11.3. The number of benzene rings is 2. The number of carbonyl (C=O) groups is 2. The van der Waals surface area contributed by atoms with Crippen LogP contribution in [0, 0.1) is 12.7 Å². The van der Waals surface area contributed by atoms with Crippen molar-refractivity contribution in [1.29, 1.82) is 0 Å². The van der Waals surface area contributed by atoms with Crippen molar-refractivity contribution in [3.8, 4) is 5.69 Å². The van der Waals surface area contributed by atoms with Crippen LogP contribution in [-0.4, -0.2) is 40.5 Å². The van der Waals surface area contributed by atoms with Gasteiger partial charge in [-0.15, -0.1) is 0 Å². The molecular weight excluding hydrogens is 492 g/mol. The maximum atomic E-state index is 14.8. The molecule has 4 rings (SSSR count). The van der Waals surface area contributed by atoms with E-state index >= 15 is 0 Å². The second-order valence-corrected chi connectivity index (χ2v) is 8.29. The van der Waals surface area contributed by atoms with Crippen molar-refractivity contribution in [2.75, 3.05) is 11.9 Å². The average molecular weight is 514 g/mol. The van der Waals surface area contributed by atoms with E-state index in [4.69, 9.17) is 4.74 Å². The maximum absolute atomic E-state index is 14.8. The van der Waals surface area contributed by atoms with Crippen LogP contribution >= 0.6 is 0 Å². The van der Waals surface area contributed by atoms with Crippen LogP contribution in [0.15, 0.2) is 59.7 Å². The molecule has 2 amide bonds. The van der Waals surface area contributed by atoms with Gasteiger partial charge in [0.25, 0.3) is 5.91 Å². The smallest absolute Gasteiger partial charge is 0.364 e. The van der Waals surface area contributed by atoms with E-state index in [0.717, 1.165) is 12.1 Å². The van der Waals surface area contributed by atoms with Gasteiger partial charge in [0.1, 0.15) is 5.82 Å². The van der Waals surface area contributed by atoms with Crippen LogP contribution in [0.3, 0.4) is 0 Å². The molecule has 1 unspecified atom stereocenters. The minimum Gasteiger partial charge on any atom is -0.364 e. The molecule has 1 aliphatic rings. The molecule has 1 N–H and O–H groups in total. The van der Waals surface area contributed by atoms with Gasteiger partial charge in [-0.1, -0.05) is 12.1 Å². The molecule has 1 aromatic heterocycles. The zero-order chi connectivity index (χ0) is 26.7. The molecule has 1 aliphatic heterocycles. The van der Waals surface area contributed by atoms with Crippen LogP contribution < -0.4 is 5.32 Å². The van der Waals surface area contributed by atoms with Crippen LogP contribution in [-0.2, 0) is 26.9 Å². The van der Waals surface area contributed by atoms with Crippen molar-refractivity contribution < 1.29 is 31.9 Å². The number of alkyl halides is 3. The van der Waals surface area contributed by atoms with E-state index in [1.54, 1.807) is 26.0 Å². The zero-order valence-electron chi connectivity index (χ0n) is 19.8. The molecule has 0 bridgehead atoms. The number of nitrogens with one attached hydrogen (secondary N) is 1. The lowest BCUT2D eigenvalue weighted by molar-refractivity contribution is -0.137. The first-order chi connectivity index (χ1) is 17.5. The lowest BCUT2D eigenvalue weighted by atomic mass is 10.00. The van der Waals surface area contributed by atoms with Crippen molar-refractivity contribution >= 4 is 29.3 Å². The Labute approximate surface area is 209 Å². The van der Waals surface area contributed by atoms with E-state index in [-0.39, 0.29) is 16.9 Å². The number of aromatic nitrogens is 2. The molecular formula is C26H22F4N4O3. The highest BCUT2D eigenvalue weighted by Crippen LogP contribution is 2.33. The standard InChI is InChI=1S/C26H22F4N4O3/c1-3-37-23-9-18(14-31-25(23)36)16-4-5-17(22(27)8-16)10-24(35)32-20-11-19(26(28,29)30)12-21(13-20)34-7-6-15(2)33-34/h4-9,11-14,23H,3,10H2,1-2H3,(H,32,35). The number of halogens is 4. The second-order valence-electron chi connectivity index (χ2n) is 8.29. The molecule has 7 nitrogen and oxygen atoms in total. The van der Waals surface area contributed by atoms with Gasteiger partial charge in [-0.05, 0) is 67.0 Å². The number of rotatable bonds is 7. The molecule has 37 heavy (non-hydrogen) atoms. The van der Waals surface area contributed by atoms with Crippen LogP contribution in [0.5, 0.6) is 0 Å². The molecule has 2 aromatic carbocycles. The van der Waals surface area contributed by atoms with Gasteiger partial charge in [0.2, 0.25) is 5.91 Å². The van der Waals surface area contributed by atoms with E-state index in [2.05, 4.69) is 15.4 Å². The van der Waals surface area contributed by atoms with E-state index < -0.39 is 41.9 Å². The summed E-state index contributed by atoms with van der Waals surface area (Å²) in [6.45, 7) is 3.73. The summed E-state index contributed by atoms with van der Waals surface area (Å²) < 4.78 is 61.8. The molecule has 0 aliphatic carbocycles. The van der Waals surface area contributed by atoms with Crippen LogP contribution in [0.1, 0.15) is 29.3 Å². The number of aryl methyl sites for hydroxylation is 1. The maximum Gasteiger partial charge on any atom is 0.416 e. The number of amides is 2. The first-order valence-electron chi connectivity index (χ1n) is 11.3. The average Bonchev–Trinajstić information content (AvgIpc) is 3.27. The summed E-state index contributed by atoms with van der Waals surface area (Å²) in [6.07, 6.45) is -1.57. The monoisotopic (exact) mass is 514 g/mol. The van der Waals surface area contributed by atoms with E-state index in [1.165, 1.54) is 41.4 Å². The van der Waals surface area contributed by atoms with Crippen LogP contribution in [0.4, 0.5) is 23.2 Å². The fraction of sp³-hybridized carbons (Fsp3) is 0.231. The summed E-state index contributed by atoms with van der Waals surface area (Å²) >= 11 is 0. The molecule has 0 saturated carbocycles. The number of hydrogen-bond acceptors (Lipinski definition) is 4. The molecule has 2 heterocycles. The SMILES string of the molecule is CCOC1C=C(c2ccc(CC(=O)Nc3cc(-n4ccc(C)n4)cc(C(F)(F)F)c3)c(F)c2)C=NC1=O. The van der Waals surface area contributed by atoms with Gasteiger partial charge in [-0.3, -0.25) is 9.59 Å². The molecule has 0 fully saturated rings. The van der Waals surface area contributed by atoms with Crippen LogP contribution in [0.2, 0.25) is 0 Å². The highest BCUT2D eigenvalue weighted by atomic mass is 19.4. The lowest BCUT2D eigenvalue weighted by Crippen LogP contribution is -2.23. The van der Waals surface area contributed by atoms with Crippen molar-refractivity contribution in [1.82, 2.24) is 9.78 Å². The van der Waals surface area contributed by atoms with Gasteiger partial charge < -0.3 is 10.1 Å². The van der Waals surface area contributed by atoms with E-state index in [9.17, 15) is 27.2 Å². The van der Waals surface area contributed by atoms with Gasteiger partial charge in [-0.2, -0.15) is 18.3 Å². The summed E-state index contributed by atoms with van der Waals surface area (Å²) in [5.41, 5.74) is 0.613. The Hall–Kier alpha value is -4.12. The molecule has 0 radical (unpaired) electrons. The number of allylic oxidation sites excluding steroid dienone is 1. The minimum absolute atomic E-state index is 0.0435. The number of anilines is 1. The van der Waals surface area contributed by atoms with E-state index in [1.807, 2.05) is 0 Å². The molecule has 0 saturated heterocycles. The Morgan fingerprint density at radius 1 is 1.16 bits per heavy atom. The van der Waals surface area contributed by atoms with Crippen molar-refractivity contribution in [2.45, 2.75) is 32.5 Å². The number of carbonyl (C=O) groups excluding carboxylic acids is 2. The van der Waals surface area contributed by atoms with Crippen molar-refractivity contribution in [3.63, 3.8) is 0 Å². The van der Waals surface area contributed by atoms with Crippen molar-refractivity contribution in [3.05, 3.63) is 82.9 Å². The van der Waals surface area contributed by atoms with Gasteiger partial charge in [0.15, 0.2) is 6.10 Å². The third-order valence-electron chi connectivity index (χ3n) is 5.50.